The molecule has 1 heterocycles. The Balaban J connectivity index is 2.20. The van der Waals surface area contributed by atoms with Crippen LogP contribution in [0.4, 0.5) is 4.39 Å². The summed E-state index contributed by atoms with van der Waals surface area (Å²) in [5.74, 6) is -0.762. The van der Waals surface area contributed by atoms with Crippen molar-refractivity contribution in [2.24, 2.45) is 0 Å². The second-order valence-electron chi connectivity index (χ2n) is 5.19. The van der Waals surface area contributed by atoms with E-state index in [0.717, 1.165) is 12.2 Å². The van der Waals surface area contributed by atoms with Gasteiger partial charge in [0.25, 0.3) is 0 Å². The Morgan fingerprint density at radius 3 is 2.91 bits per heavy atom. The Hall–Kier alpha value is -1.72. The van der Waals surface area contributed by atoms with Gasteiger partial charge in [0.1, 0.15) is 11.9 Å². The monoisotopic (exact) mass is 308 g/mol. The lowest BCUT2D eigenvalue weighted by atomic mass is 9.97. The molecular formula is C17H21FO4. The highest BCUT2D eigenvalue weighted by atomic mass is 19.1. The van der Waals surface area contributed by atoms with E-state index in [4.69, 9.17) is 14.2 Å². The number of hydrogen-bond donors (Lipinski definition) is 0. The number of rotatable bonds is 7. The third-order valence-electron chi connectivity index (χ3n) is 3.53. The van der Waals surface area contributed by atoms with Gasteiger partial charge >= 0.3 is 5.97 Å². The van der Waals surface area contributed by atoms with Gasteiger partial charge in [0.15, 0.2) is 0 Å². The first-order valence-electron chi connectivity index (χ1n) is 7.40. The molecule has 0 aromatic heterocycles. The Morgan fingerprint density at radius 2 is 2.27 bits per heavy atom. The number of carbonyl (C=O) groups excluding carboxylic acids is 1. The van der Waals surface area contributed by atoms with Crippen molar-refractivity contribution in [2.45, 2.75) is 33.0 Å². The number of esters is 1. The number of carbonyl (C=O) groups is 1. The molecule has 4 nitrogen and oxygen atoms in total. The average Bonchev–Trinajstić information content (AvgIpc) is 3.30. The van der Waals surface area contributed by atoms with Gasteiger partial charge in [-0.3, -0.25) is 0 Å². The summed E-state index contributed by atoms with van der Waals surface area (Å²) in [6, 6.07) is 3.10. The summed E-state index contributed by atoms with van der Waals surface area (Å²) in [6.45, 7) is 6.86. The van der Waals surface area contributed by atoms with Crippen LogP contribution in [-0.4, -0.2) is 31.9 Å². The average molecular weight is 308 g/mol. The molecule has 1 fully saturated rings. The maximum absolute atomic E-state index is 13.8. The van der Waals surface area contributed by atoms with E-state index in [1.807, 2.05) is 6.92 Å². The van der Waals surface area contributed by atoms with E-state index in [0.29, 0.717) is 24.3 Å². The van der Waals surface area contributed by atoms with Gasteiger partial charge in [0.2, 0.25) is 0 Å². The lowest BCUT2D eigenvalue weighted by Crippen LogP contribution is -2.09. The fourth-order valence-corrected chi connectivity index (χ4v) is 2.15. The highest BCUT2D eigenvalue weighted by molar-refractivity contribution is 5.87. The highest BCUT2D eigenvalue weighted by Gasteiger charge is 2.24. The van der Waals surface area contributed by atoms with Gasteiger partial charge in [-0.1, -0.05) is 6.07 Å². The predicted molar refractivity (Wildman–Crippen MR) is 80.9 cm³/mol. The normalized spacial score (nSPS) is 18.5. The molecule has 1 aromatic carbocycles. The Kier molecular flexibility index (Phi) is 5.69. The molecule has 5 heteroatoms. The van der Waals surface area contributed by atoms with Crippen molar-refractivity contribution in [2.75, 3.05) is 19.8 Å². The fraction of sp³-hybridized carbons (Fsp3) is 0.471. The first-order valence-corrected chi connectivity index (χ1v) is 7.40. The third kappa shape index (κ3) is 4.39. The number of benzene rings is 1. The minimum atomic E-state index is -0.447. The first kappa shape index (κ1) is 16.6. The molecule has 1 aliphatic heterocycles. The van der Waals surface area contributed by atoms with Crippen LogP contribution in [0.1, 0.15) is 36.6 Å². The standard InChI is InChI=1S/C17H21FO4/c1-4-20-17(19)8-6-14-11(2)16(18)7-5-15(14)12(3)21-9-13-10-22-13/h5-8,12-13H,4,9-10H2,1-3H3/t12-,13+/m1/s1. The van der Waals surface area contributed by atoms with Crippen LogP contribution in [0.15, 0.2) is 18.2 Å². The maximum atomic E-state index is 13.8. The minimum Gasteiger partial charge on any atom is -0.463 e. The van der Waals surface area contributed by atoms with Crippen LogP contribution in [0.5, 0.6) is 0 Å². The number of hydrogen-bond acceptors (Lipinski definition) is 4. The van der Waals surface area contributed by atoms with Crippen molar-refractivity contribution in [1.82, 2.24) is 0 Å². The van der Waals surface area contributed by atoms with E-state index in [2.05, 4.69) is 0 Å². The Bertz CT molecular complexity index is 564. The van der Waals surface area contributed by atoms with E-state index in [9.17, 15) is 9.18 Å². The van der Waals surface area contributed by atoms with Crippen LogP contribution in [0, 0.1) is 12.7 Å². The second kappa shape index (κ2) is 7.51. The molecule has 0 unspecified atom stereocenters. The summed E-state index contributed by atoms with van der Waals surface area (Å²) in [6.07, 6.45) is 2.85. The summed E-state index contributed by atoms with van der Waals surface area (Å²) in [5, 5.41) is 0. The van der Waals surface area contributed by atoms with Gasteiger partial charge in [-0.05, 0) is 49.6 Å². The zero-order chi connectivity index (χ0) is 16.1. The van der Waals surface area contributed by atoms with Crippen LogP contribution < -0.4 is 0 Å². The van der Waals surface area contributed by atoms with Gasteiger partial charge in [-0.15, -0.1) is 0 Å². The summed E-state index contributed by atoms with van der Waals surface area (Å²) in [4.78, 5) is 11.5. The fourth-order valence-electron chi connectivity index (χ4n) is 2.15. The zero-order valence-electron chi connectivity index (χ0n) is 13.1. The van der Waals surface area contributed by atoms with Crippen LogP contribution in [0.25, 0.3) is 6.08 Å². The molecule has 22 heavy (non-hydrogen) atoms. The van der Waals surface area contributed by atoms with Crippen molar-refractivity contribution in [3.8, 4) is 0 Å². The predicted octanol–water partition coefficient (Wildman–Crippen LogP) is 3.19. The van der Waals surface area contributed by atoms with E-state index < -0.39 is 5.97 Å². The van der Waals surface area contributed by atoms with E-state index >= 15 is 0 Å². The molecule has 2 atom stereocenters. The molecule has 0 amide bonds. The molecule has 0 spiro atoms. The maximum Gasteiger partial charge on any atom is 0.330 e. The summed E-state index contributed by atoms with van der Waals surface area (Å²) >= 11 is 0. The molecule has 0 bridgehead atoms. The van der Waals surface area contributed by atoms with Crippen molar-refractivity contribution < 1.29 is 23.4 Å². The van der Waals surface area contributed by atoms with E-state index in [1.165, 1.54) is 12.1 Å². The Labute approximate surface area is 129 Å². The van der Waals surface area contributed by atoms with Gasteiger partial charge < -0.3 is 14.2 Å². The van der Waals surface area contributed by atoms with E-state index in [1.54, 1.807) is 26.0 Å². The molecule has 1 saturated heterocycles. The molecule has 0 radical (unpaired) electrons. The number of halogens is 1. The van der Waals surface area contributed by atoms with Crippen LogP contribution >= 0.6 is 0 Å². The quantitative estimate of drug-likeness (QED) is 0.441. The molecule has 0 N–H and O–H groups in total. The lowest BCUT2D eigenvalue weighted by molar-refractivity contribution is -0.137. The van der Waals surface area contributed by atoms with Crippen LogP contribution in [0.2, 0.25) is 0 Å². The van der Waals surface area contributed by atoms with Gasteiger partial charge in [0, 0.05) is 6.08 Å². The summed E-state index contributed by atoms with van der Waals surface area (Å²) < 4.78 is 29.5. The smallest absolute Gasteiger partial charge is 0.330 e. The molecule has 1 aromatic rings. The number of epoxide rings is 1. The molecular weight excluding hydrogens is 287 g/mol. The zero-order valence-corrected chi connectivity index (χ0v) is 13.1. The van der Waals surface area contributed by atoms with Crippen molar-refractivity contribution in [3.63, 3.8) is 0 Å². The van der Waals surface area contributed by atoms with Gasteiger partial charge in [-0.2, -0.15) is 0 Å². The highest BCUT2D eigenvalue weighted by Crippen LogP contribution is 2.28. The summed E-state index contributed by atoms with van der Waals surface area (Å²) in [5.41, 5.74) is 1.97. The first-order chi connectivity index (χ1) is 10.5. The molecule has 0 aliphatic carbocycles. The molecule has 120 valence electrons. The van der Waals surface area contributed by atoms with Crippen molar-refractivity contribution in [1.29, 1.82) is 0 Å². The molecule has 0 saturated carbocycles. The second-order valence-corrected chi connectivity index (χ2v) is 5.19. The Morgan fingerprint density at radius 1 is 1.55 bits per heavy atom. The topological polar surface area (TPSA) is 48.1 Å². The van der Waals surface area contributed by atoms with Crippen molar-refractivity contribution >= 4 is 12.0 Å². The van der Waals surface area contributed by atoms with Crippen molar-refractivity contribution in [3.05, 3.63) is 40.7 Å². The van der Waals surface area contributed by atoms with Crippen LogP contribution in [-0.2, 0) is 19.0 Å². The SMILES string of the molecule is CCOC(=O)C=Cc1c([C@@H](C)OC[C@H]2CO2)ccc(F)c1C. The van der Waals surface area contributed by atoms with E-state index in [-0.39, 0.29) is 18.0 Å². The lowest BCUT2D eigenvalue weighted by Gasteiger charge is -2.17. The van der Waals surface area contributed by atoms with Gasteiger partial charge in [0.05, 0.1) is 25.9 Å². The van der Waals surface area contributed by atoms with Gasteiger partial charge in [-0.25, -0.2) is 9.18 Å². The minimum absolute atomic E-state index is 0.169. The van der Waals surface area contributed by atoms with Crippen LogP contribution in [0.3, 0.4) is 0 Å². The third-order valence-corrected chi connectivity index (χ3v) is 3.53. The molecule has 1 aliphatic rings. The molecule has 2 rings (SSSR count). The largest absolute Gasteiger partial charge is 0.463 e. The number of ether oxygens (including phenoxy) is 3. The summed E-state index contributed by atoms with van der Waals surface area (Å²) in [7, 11) is 0.